The number of nitrogens with zero attached hydrogens (tertiary/aromatic N) is 2. The van der Waals surface area contributed by atoms with Gasteiger partial charge in [-0.05, 0) is 25.0 Å². The Morgan fingerprint density at radius 1 is 1.27 bits per heavy atom. The predicted octanol–water partition coefficient (Wildman–Crippen LogP) is 2.53. The molecule has 1 fully saturated rings. The van der Waals surface area contributed by atoms with Crippen LogP contribution < -0.4 is 10.1 Å². The molecule has 0 aliphatic carbocycles. The van der Waals surface area contributed by atoms with Gasteiger partial charge in [-0.1, -0.05) is 37.3 Å². The Morgan fingerprint density at radius 2 is 1.96 bits per heavy atom. The SMILES string of the molecule is CCC1(c2ccccc2)CN(C(=O)C(=O)Nc2cnc(OC)c(C)c2)C1. The zero-order chi connectivity index (χ0) is 18.7. The van der Waals surface area contributed by atoms with E-state index >= 15 is 0 Å². The van der Waals surface area contributed by atoms with Crippen LogP contribution in [0.2, 0.25) is 0 Å². The molecule has 0 unspecified atom stereocenters. The quantitative estimate of drug-likeness (QED) is 0.858. The van der Waals surface area contributed by atoms with Crippen LogP contribution in [0.4, 0.5) is 5.69 Å². The minimum atomic E-state index is -0.644. The fourth-order valence-corrected chi connectivity index (χ4v) is 3.40. The number of carbonyl (C=O) groups is 2. The Bertz CT molecular complexity index is 814. The van der Waals surface area contributed by atoms with Gasteiger partial charge < -0.3 is 15.0 Å². The molecule has 1 aromatic carbocycles. The fourth-order valence-electron chi connectivity index (χ4n) is 3.40. The Morgan fingerprint density at radius 3 is 2.54 bits per heavy atom. The Hall–Kier alpha value is -2.89. The summed E-state index contributed by atoms with van der Waals surface area (Å²) in [7, 11) is 1.54. The maximum absolute atomic E-state index is 12.4. The average molecular weight is 353 g/mol. The number of aromatic nitrogens is 1. The summed E-state index contributed by atoms with van der Waals surface area (Å²) >= 11 is 0. The van der Waals surface area contributed by atoms with Crippen LogP contribution in [0.25, 0.3) is 0 Å². The number of anilines is 1. The smallest absolute Gasteiger partial charge is 0.313 e. The molecule has 1 saturated heterocycles. The molecule has 3 rings (SSSR count). The van der Waals surface area contributed by atoms with Gasteiger partial charge in [-0.3, -0.25) is 9.59 Å². The van der Waals surface area contributed by atoms with Crippen LogP contribution in [0.1, 0.15) is 24.5 Å². The third-order valence-corrected chi connectivity index (χ3v) is 5.01. The number of hydrogen-bond acceptors (Lipinski definition) is 4. The van der Waals surface area contributed by atoms with E-state index in [1.165, 1.54) is 18.9 Å². The number of rotatable bonds is 4. The van der Waals surface area contributed by atoms with Gasteiger partial charge in [-0.2, -0.15) is 0 Å². The van der Waals surface area contributed by atoms with Crippen LogP contribution in [0.3, 0.4) is 0 Å². The third kappa shape index (κ3) is 3.27. The second kappa shape index (κ2) is 7.15. The average Bonchev–Trinajstić information content (AvgIpc) is 2.62. The molecule has 0 radical (unpaired) electrons. The van der Waals surface area contributed by atoms with E-state index < -0.39 is 11.8 Å². The lowest BCUT2D eigenvalue weighted by molar-refractivity contribution is -0.148. The van der Waals surface area contributed by atoms with Crippen LogP contribution in [0, 0.1) is 6.92 Å². The van der Waals surface area contributed by atoms with E-state index in [1.54, 1.807) is 11.0 Å². The summed E-state index contributed by atoms with van der Waals surface area (Å²) in [6, 6.07) is 11.9. The topological polar surface area (TPSA) is 71.5 Å². The molecule has 1 N–H and O–H groups in total. The molecule has 2 amide bonds. The molecule has 1 aliphatic rings. The van der Waals surface area contributed by atoms with Gasteiger partial charge in [0.25, 0.3) is 0 Å². The first kappa shape index (κ1) is 17.9. The first-order valence-electron chi connectivity index (χ1n) is 8.65. The van der Waals surface area contributed by atoms with Crippen LogP contribution in [0.5, 0.6) is 5.88 Å². The maximum Gasteiger partial charge on any atom is 0.313 e. The fraction of sp³-hybridized carbons (Fsp3) is 0.350. The van der Waals surface area contributed by atoms with Crippen molar-refractivity contribution in [3.05, 3.63) is 53.7 Å². The molecule has 1 aliphatic heterocycles. The molecular formula is C20H23N3O3. The molecule has 0 spiro atoms. The Kier molecular flexibility index (Phi) is 4.93. The lowest BCUT2D eigenvalue weighted by atomic mass is 9.71. The summed E-state index contributed by atoms with van der Waals surface area (Å²) in [6.07, 6.45) is 2.40. The third-order valence-electron chi connectivity index (χ3n) is 5.01. The maximum atomic E-state index is 12.4. The van der Waals surface area contributed by atoms with E-state index in [1.807, 2.05) is 25.1 Å². The lowest BCUT2D eigenvalue weighted by Gasteiger charge is -2.50. The molecule has 2 aromatic rings. The van der Waals surface area contributed by atoms with Crippen molar-refractivity contribution < 1.29 is 14.3 Å². The van der Waals surface area contributed by atoms with E-state index in [9.17, 15) is 9.59 Å². The highest BCUT2D eigenvalue weighted by Gasteiger charge is 2.46. The second-order valence-electron chi connectivity index (χ2n) is 6.67. The molecule has 1 aromatic heterocycles. The van der Waals surface area contributed by atoms with Gasteiger partial charge in [0.15, 0.2) is 0 Å². The van der Waals surface area contributed by atoms with E-state index in [2.05, 4.69) is 29.4 Å². The van der Waals surface area contributed by atoms with Crippen molar-refractivity contribution in [2.24, 2.45) is 0 Å². The lowest BCUT2D eigenvalue weighted by Crippen LogP contribution is -2.62. The molecule has 6 nitrogen and oxygen atoms in total. The highest BCUT2D eigenvalue weighted by atomic mass is 16.5. The number of nitrogens with one attached hydrogen (secondary N) is 1. The number of ether oxygens (including phenoxy) is 1. The van der Waals surface area contributed by atoms with Crippen LogP contribution in [0.15, 0.2) is 42.6 Å². The summed E-state index contributed by atoms with van der Waals surface area (Å²) in [4.78, 5) is 30.4. The van der Waals surface area contributed by atoms with Crippen molar-refractivity contribution in [2.45, 2.75) is 25.7 Å². The number of carbonyl (C=O) groups excluding carboxylic acids is 2. The van der Waals surface area contributed by atoms with Gasteiger partial charge in [-0.25, -0.2) is 4.98 Å². The standard InChI is InChI=1S/C20H23N3O3/c1-4-20(15-8-6-5-7-9-15)12-23(13-20)19(25)17(24)22-16-10-14(2)18(26-3)21-11-16/h5-11H,4,12-13H2,1-3H3,(H,22,24). The van der Waals surface area contributed by atoms with Gasteiger partial charge in [0.05, 0.1) is 19.0 Å². The van der Waals surface area contributed by atoms with Crippen molar-refractivity contribution in [2.75, 3.05) is 25.5 Å². The monoisotopic (exact) mass is 353 g/mol. The minimum Gasteiger partial charge on any atom is -0.481 e. The molecule has 136 valence electrons. The number of aryl methyl sites for hydroxylation is 1. The van der Waals surface area contributed by atoms with Gasteiger partial charge in [0, 0.05) is 24.1 Å². The van der Waals surface area contributed by atoms with E-state index in [0.29, 0.717) is 24.7 Å². The number of benzene rings is 1. The first-order valence-corrected chi connectivity index (χ1v) is 8.65. The van der Waals surface area contributed by atoms with Gasteiger partial charge in [-0.15, -0.1) is 0 Å². The normalized spacial score (nSPS) is 15.1. The summed E-state index contributed by atoms with van der Waals surface area (Å²) < 4.78 is 5.10. The molecule has 0 bridgehead atoms. The summed E-state index contributed by atoms with van der Waals surface area (Å²) in [5.41, 5.74) is 2.42. The van der Waals surface area contributed by atoms with E-state index in [4.69, 9.17) is 4.74 Å². The van der Waals surface area contributed by atoms with Crippen molar-refractivity contribution in [3.63, 3.8) is 0 Å². The van der Waals surface area contributed by atoms with Crippen molar-refractivity contribution in [3.8, 4) is 5.88 Å². The van der Waals surface area contributed by atoms with Gasteiger partial charge >= 0.3 is 11.8 Å². The number of pyridine rings is 1. The Labute approximate surface area is 153 Å². The van der Waals surface area contributed by atoms with Crippen molar-refractivity contribution >= 4 is 17.5 Å². The number of methoxy groups -OCH3 is 1. The zero-order valence-corrected chi connectivity index (χ0v) is 15.3. The van der Waals surface area contributed by atoms with Gasteiger partial charge in [0.2, 0.25) is 5.88 Å². The van der Waals surface area contributed by atoms with E-state index in [-0.39, 0.29) is 5.41 Å². The van der Waals surface area contributed by atoms with Crippen LogP contribution in [-0.4, -0.2) is 41.9 Å². The summed E-state index contributed by atoms with van der Waals surface area (Å²) in [5, 5.41) is 2.62. The van der Waals surface area contributed by atoms with Gasteiger partial charge in [0.1, 0.15) is 0 Å². The second-order valence-corrected chi connectivity index (χ2v) is 6.67. The molecule has 0 saturated carbocycles. The highest BCUT2D eigenvalue weighted by Crippen LogP contribution is 2.37. The zero-order valence-electron chi connectivity index (χ0n) is 15.3. The number of likely N-dealkylation sites (tertiary alicyclic amines) is 1. The first-order chi connectivity index (χ1) is 12.5. The van der Waals surface area contributed by atoms with Crippen LogP contribution in [-0.2, 0) is 15.0 Å². The number of amides is 2. The molecule has 2 heterocycles. The predicted molar refractivity (Wildman–Crippen MR) is 99.1 cm³/mol. The highest BCUT2D eigenvalue weighted by molar-refractivity contribution is 6.39. The largest absolute Gasteiger partial charge is 0.481 e. The molecule has 6 heteroatoms. The molecule has 26 heavy (non-hydrogen) atoms. The molecule has 0 atom stereocenters. The minimum absolute atomic E-state index is 0.0601. The van der Waals surface area contributed by atoms with E-state index in [0.717, 1.165) is 12.0 Å². The summed E-state index contributed by atoms with van der Waals surface area (Å²) in [6.45, 7) is 5.05. The van der Waals surface area contributed by atoms with Crippen molar-refractivity contribution in [1.82, 2.24) is 9.88 Å². The van der Waals surface area contributed by atoms with Crippen molar-refractivity contribution in [1.29, 1.82) is 0 Å². The summed E-state index contributed by atoms with van der Waals surface area (Å²) in [5.74, 6) is -0.666. The molecular weight excluding hydrogens is 330 g/mol. The number of hydrogen-bond donors (Lipinski definition) is 1. The van der Waals surface area contributed by atoms with Crippen LogP contribution >= 0.6 is 0 Å². The Balaban J connectivity index is 1.64.